The van der Waals surface area contributed by atoms with Crippen molar-refractivity contribution in [2.24, 2.45) is 0 Å². The summed E-state index contributed by atoms with van der Waals surface area (Å²) in [7, 11) is 0. The highest BCUT2D eigenvalue weighted by Gasteiger charge is 2.24. The molecule has 1 aliphatic heterocycles. The van der Waals surface area contributed by atoms with E-state index in [9.17, 15) is 4.79 Å². The SMILES string of the molecule is Cc1cc(N2CCCC(NC(=O)c3cnccn3)C2)n2nccc2n1. The van der Waals surface area contributed by atoms with E-state index in [1.54, 1.807) is 12.4 Å². The highest BCUT2D eigenvalue weighted by Crippen LogP contribution is 2.21. The summed E-state index contributed by atoms with van der Waals surface area (Å²) >= 11 is 0. The van der Waals surface area contributed by atoms with Gasteiger partial charge in [-0.1, -0.05) is 0 Å². The second-order valence-corrected chi connectivity index (χ2v) is 6.21. The fourth-order valence-corrected chi connectivity index (χ4v) is 3.22. The first-order valence-corrected chi connectivity index (χ1v) is 8.34. The third-order valence-electron chi connectivity index (χ3n) is 4.35. The third-order valence-corrected chi connectivity index (χ3v) is 4.35. The van der Waals surface area contributed by atoms with E-state index in [2.05, 4.69) is 30.3 Å². The van der Waals surface area contributed by atoms with Crippen LogP contribution in [0.3, 0.4) is 0 Å². The highest BCUT2D eigenvalue weighted by molar-refractivity contribution is 5.92. The van der Waals surface area contributed by atoms with Crippen LogP contribution in [0.2, 0.25) is 0 Å². The van der Waals surface area contributed by atoms with E-state index in [4.69, 9.17) is 0 Å². The lowest BCUT2D eigenvalue weighted by Gasteiger charge is -2.34. The van der Waals surface area contributed by atoms with Gasteiger partial charge in [-0.3, -0.25) is 9.78 Å². The van der Waals surface area contributed by atoms with Crippen molar-refractivity contribution in [2.75, 3.05) is 18.0 Å². The predicted molar refractivity (Wildman–Crippen MR) is 92.5 cm³/mol. The van der Waals surface area contributed by atoms with Crippen LogP contribution in [0.1, 0.15) is 29.0 Å². The van der Waals surface area contributed by atoms with Gasteiger partial charge in [0.2, 0.25) is 0 Å². The number of anilines is 1. The number of amides is 1. The molecule has 1 atom stereocenters. The molecule has 8 heteroatoms. The van der Waals surface area contributed by atoms with Crippen LogP contribution in [0.5, 0.6) is 0 Å². The Bertz CT molecular complexity index is 892. The first-order chi connectivity index (χ1) is 12.2. The van der Waals surface area contributed by atoms with Gasteiger partial charge >= 0.3 is 0 Å². The number of hydrogen-bond donors (Lipinski definition) is 1. The van der Waals surface area contributed by atoms with Crippen LogP contribution in [0.15, 0.2) is 36.9 Å². The molecule has 0 radical (unpaired) electrons. The molecule has 4 heterocycles. The monoisotopic (exact) mass is 337 g/mol. The average molecular weight is 337 g/mol. The fraction of sp³-hybridized carbons (Fsp3) is 0.353. The average Bonchev–Trinajstić information content (AvgIpc) is 3.10. The highest BCUT2D eigenvalue weighted by atomic mass is 16.2. The Morgan fingerprint density at radius 1 is 1.32 bits per heavy atom. The smallest absolute Gasteiger partial charge is 0.271 e. The van der Waals surface area contributed by atoms with E-state index in [0.717, 1.165) is 43.1 Å². The molecular formula is C17H19N7O. The van der Waals surface area contributed by atoms with E-state index in [1.807, 2.05) is 23.6 Å². The van der Waals surface area contributed by atoms with Crippen LogP contribution < -0.4 is 10.2 Å². The standard InChI is InChI=1S/C17H19N7O/c1-12-9-16(24-15(21-12)4-5-20-24)23-8-2-3-13(11-23)22-17(25)14-10-18-6-7-19-14/h4-7,9-10,13H,2-3,8,11H2,1H3,(H,22,25). The Labute approximate surface area is 144 Å². The Hall–Kier alpha value is -3.03. The second kappa shape index (κ2) is 6.46. The summed E-state index contributed by atoms with van der Waals surface area (Å²) in [5.41, 5.74) is 2.13. The van der Waals surface area contributed by atoms with Crippen LogP contribution in [-0.4, -0.2) is 49.6 Å². The molecule has 4 rings (SSSR count). The van der Waals surface area contributed by atoms with Crippen LogP contribution >= 0.6 is 0 Å². The summed E-state index contributed by atoms with van der Waals surface area (Å²) in [6, 6.07) is 3.99. The number of hydrogen-bond acceptors (Lipinski definition) is 6. The molecule has 1 amide bonds. The minimum absolute atomic E-state index is 0.0577. The lowest BCUT2D eigenvalue weighted by Crippen LogP contribution is -2.48. The van der Waals surface area contributed by atoms with Gasteiger partial charge in [0.1, 0.15) is 11.5 Å². The Morgan fingerprint density at radius 2 is 2.24 bits per heavy atom. The molecule has 1 aliphatic rings. The number of fused-ring (bicyclic) bond motifs is 1. The van der Waals surface area contributed by atoms with E-state index in [1.165, 1.54) is 12.4 Å². The predicted octanol–water partition coefficient (Wildman–Crippen LogP) is 1.23. The van der Waals surface area contributed by atoms with E-state index < -0.39 is 0 Å². The molecule has 8 nitrogen and oxygen atoms in total. The van der Waals surface area contributed by atoms with Crippen molar-refractivity contribution in [3.8, 4) is 0 Å². The number of carbonyl (C=O) groups excluding carboxylic acids is 1. The van der Waals surface area contributed by atoms with Gasteiger partial charge in [-0.05, 0) is 19.8 Å². The number of aryl methyl sites for hydroxylation is 1. The first-order valence-electron chi connectivity index (χ1n) is 8.34. The van der Waals surface area contributed by atoms with Gasteiger partial charge in [-0.25, -0.2) is 9.97 Å². The van der Waals surface area contributed by atoms with Gasteiger partial charge in [0.15, 0.2) is 5.65 Å². The fourth-order valence-electron chi connectivity index (χ4n) is 3.22. The molecule has 3 aromatic heterocycles. The molecule has 0 aromatic carbocycles. The van der Waals surface area contributed by atoms with Crippen molar-refractivity contribution in [3.05, 3.63) is 48.3 Å². The maximum Gasteiger partial charge on any atom is 0.271 e. The number of nitrogens with zero attached hydrogens (tertiary/aromatic N) is 6. The zero-order valence-electron chi connectivity index (χ0n) is 14.0. The second-order valence-electron chi connectivity index (χ2n) is 6.21. The quantitative estimate of drug-likeness (QED) is 0.773. The molecule has 1 fully saturated rings. The van der Waals surface area contributed by atoms with Crippen molar-refractivity contribution < 1.29 is 4.79 Å². The Kier molecular flexibility index (Phi) is 4.01. The van der Waals surface area contributed by atoms with Crippen LogP contribution in [0.4, 0.5) is 5.82 Å². The molecule has 1 unspecified atom stereocenters. The number of piperidine rings is 1. The summed E-state index contributed by atoms with van der Waals surface area (Å²) < 4.78 is 1.85. The lowest BCUT2D eigenvalue weighted by atomic mass is 10.1. The van der Waals surface area contributed by atoms with Crippen molar-refractivity contribution in [1.82, 2.24) is 29.9 Å². The zero-order chi connectivity index (χ0) is 17.2. The summed E-state index contributed by atoms with van der Waals surface area (Å²) in [4.78, 5) is 27.1. The number of aromatic nitrogens is 5. The van der Waals surface area contributed by atoms with Crippen molar-refractivity contribution in [3.63, 3.8) is 0 Å². The Morgan fingerprint density at radius 3 is 3.08 bits per heavy atom. The van der Waals surface area contributed by atoms with Gasteiger partial charge in [-0.2, -0.15) is 9.61 Å². The Balaban J connectivity index is 1.53. The molecule has 0 spiro atoms. The van der Waals surface area contributed by atoms with E-state index in [-0.39, 0.29) is 11.9 Å². The van der Waals surface area contributed by atoms with Crippen LogP contribution in [0, 0.1) is 6.92 Å². The van der Waals surface area contributed by atoms with Crippen molar-refractivity contribution >= 4 is 17.4 Å². The van der Waals surface area contributed by atoms with Gasteiger partial charge in [0, 0.05) is 49.4 Å². The largest absolute Gasteiger partial charge is 0.354 e. The topological polar surface area (TPSA) is 88.3 Å². The van der Waals surface area contributed by atoms with Crippen molar-refractivity contribution in [1.29, 1.82) is 0 Å². The molecule has 1 N–H and O–H groups in total. The number of nitrogens with one attached hydrogen (secondary N) is 1. The number of rotatable bonds is 3. The summed E-state index contributed by atoms with van der Waals surface area (Å²) in [5.74, 6) is 0.820. The molecule has 128 valence electrons. The maximum absolute atomic E-state index is 12.3. The van der Waals surface area contributed by atoms with Crippen molar-refractivity contribution in [2.45, 2.75) is 25.8 Å². The normalized spacial score (nSPS) is 17.6. The molecular weight excluding hydrogens is 318 g/mol. The summed E-state index contributed by atoms with van der Waals surface area (Å²) in [6.45, 7) is 3.63. The third kappa shape index (κ3) is 3.15. The first kappa shape index (κ1) is 15.5. The van der Waals surface area contributed by atoms with E-state index in [0.29, 0.717) is 5.69 Å². The van der Waals surface area contributed by atoms with Gasteiger partial charge in [0.25, 0.3) is 5.91 Å². The minimum Gasteiger partial charge on any atom is -0.354 e. The molecule has 0 saturated carbocycles. The summed E-state index contributed by atoms with van der Waals surface area (Å²) in [5, 5.41) is 7.44. The zero-order valence-corrected chi connectivity index (χ0v) is 14.0. The van der Waals surface area contributed by atoms with E-state index >= 15 is 0 Å². The molecule has 3 aromatic rings. The lowest BCUT2D eigenvalue weighted by molar-refractivity contribution is 0.0927. The molecule has 1 saturated heterocycles. The van der Waals surface area contributed by atoms with Gasteiger partial charge < -0.3 is 10.2 Å². The van der Waals surface area contributed by atoms with Gasteiger partial charge in [-0.15, -0.1) is 0 Å². The van der Waals surface area contributed by atoms with Crippen LogP contribution in [0.25, 0.3) is 5.65 Å². The van der Waals surface area contributed by atoms with Crippen LogP contribution in [-0.2, 0) is 0 Å². The molecule has 0 aliphatic carbocycles. The number of carbonyl (C=O) groups is 1. The maximum atomic E-state index is 12.3. The summed E-state index contributed by atoms with van der Waals surface area (Å²) in [6.07, 6.45) is 8.25. The molecule has 25 heavy (non-hydrogen) atoms. The molecule has 0 bridgehead atoms. The van der Waals surface area contributed by atoms with Gasteiger partial charge in [0.05, 0.1) is 12.4 Å². The minimum atomic E-state index is -0.185.